The fraction of sp³-hybridized carbons (Fsp3) is 0.417. The molecule has 0 spiro atoms. The molecule has 1 amide bonds. The molecule has 1 fully saturated rings. The van der Waals surface area contributed by atoms with Crippen LogP contribution < -0.4 is 5.32 Å². The van der Waals surface area contributed by atoms with E-state index in [0.717, 1.165) is 0 Å². The van der Waals surface area contributed by atoms with E-state index in [1.807, 2.05) is 0 Å². The second kappa shape index (κ2) is 5.34. The molecule has 0 aliphatic carbocycles. The third-order valence-electron chi connectivity index (χ3n) is 3.14. The molecule has 1 heterocycles. The molecule has 1 saturated heterocycles. The summed E-state index contributed by atoms with van der Waals surface area (Å²) in [7, 11) is 1.64. The monoisotopic (exact) mass is 316 g/mol. The minimum atomic E-state index is -0.567. The number of hydrogen-bond acceptors (Lipinski definition) is 3. The zero-order valence-corrected chi connectivity index (χ0v) is 11.4. The number of halogens is 2. The van der Waals surface area contributed by atoms with Crippen LogP contribution in [0, 0.1) is 5.82 Å². The van der Waals surface area contributed by atoms with E-state index in [1.165, 1.54) is 23.1 Å². The molecule has 98 valence electrons. The van der Waals surface area contributed by atoms with Crippen molar-refractivity contribution in [1.29, 1.82) is 0 Å². The minimum Gasteiger partial charge on any atom is -0.390 e. The topological polar surface area (TPSA) is 52.6 Å². The molecule has 2 rings (SSSR count). The Kier molecular flexibility index (Phi) is 3.99. The average Bonchev–Trinajstić information content (AvgIpc) is 2.77. The number of rotatable bonds is 2. The van der Waals surface area contributed by atoms with E-state index in [2.05, 4.69) is 21.2 Å². The smallest absolute Gasteiger partial charge is 0.254 e. The van der Waals surface area contributed by atoms with Crippen molar-refractivity contribution >= 4 is 21.8 Å². The highest BCUT2D eigenvalue weighted by molar-refractivity contribution is 9.10. The Bertz CT molecular complexity index is 469. The molecule has 1 aliphatic rings. The molecule has 18 heavy (non-hydrogen) atoms. The fourth-order valence-corrected chi connectivity index (χ4v) is 2.41. The van der Waals surface area contributed by atoms with Gasteiger partial charge in [-0.1, -0.05) is 0 Å². The molecular weight excluding hydrogens is 303 g/mol. The van der Waals surface area contributed by atoms with Crippen molar-refractivity contribution in [2.24, 2.45) is 0 Å². The maximum Gasteiger partial charge on any atom is 0.254 e. The summed E-state index contributed by atoms with van der Waals surface area (Å²) in [5, 5.41) is 12.7. The summed E-state index contributed by atoms with van der Waals surface area (Å²) in [6.45, 7) is 1.04. The van der Waals surface area contributed by atoms with Crippen molar-refractivity contribution in [2.45, 2.75) is 12.1 Å². The van der Waals surface area contributed by atoms with Gasteiger partial charge in [0.1, 0.15) is 5.82 Å². The lowest BCUT2D eigenvalue weighted by Gasteiger charge is -2.26. The lowest BCUT2D eigenvalue weighted by molar-refractivity contribution is 0.0581. The van der Waals surface area contributed by atoms with Crippen LogP contribution in [0.15, 0.2) is 22.7 Å². The zero-order chi connectivity index (χ0) is 13.3. The highest BCUT2D eigenvalue weighted by Gasteiger charge is 2.31. The van der Waals surface area contributed by atoms with Gasteiger partial charge in [0.15, 0.2) is 0 Å². The normalized spacial score (nSPS) is 23.1. The molecule has 2 atom stereocenters. The van der Waals surface area contributed by atoms with Gasteiger partial charge < -0.3 is 15.3 Å². The van der Waals surface area contributed by atoms with Gasteiger partial charge in [0.25, 0.3) is 5.91 Å². The summed E-state index contributed by atoms with van der Waals surface area (Å²) >= 11 is 3.05. The number of carbonyl (C=O) groups excluding carboxylic acids is 1. The van der Waals surface area contributed by atoms with Crippen LogP contribution >= 0.6 is 15.9 Å². The van der Waals surface area contributed by atoms with E-state index in [1.54, 1.807) is 7.05 Å². The van der Waals surface area contributed by atoms with E-state index < -0.39 is 11.9 Å². The van der Waals surface area contributed by atoms with Crippen LogP contribution in [0.4, 0.5) is 4.39 Å². The van der Waals surface area contributed by atoms with Crippen LogP contribution in [0.2, 0.25) is 0 Å². The van der Waals surface area contributed by atoms with Crippen LogP contribution in [0.3, 0.4) is 0 Å². The molecule has 1 aliphatic heterocycles. The van der Waals surface area contributed by atoms with Crippen molar-refractivity contribution in [3.63, 3.8) is 0 Å². The third-order valence-corrected chi connectivity index (χ3v) is 3.74. The largest absolute Gasteiger partial charge is 0.390 e. The molecule has 0 aromatic heterocycles. The molecule has 0 bridgehead atoms. The summed E-state index contributed by atoms with van der Waals surface area (Å²) in [4.78, 5) is 13.7. The summed E-state index contributed by atoms with van der Waals surface area (Å²) < 4.78 is 13.4. The van der Waals surface area contributed by atoms with Gasteiger partial charge in [0.2, 0.25) is 0 Å². The van der Waals surface area contributed by atoms with Gasteiger partial charge in [-0.3, -0.25) is 4.79 Å². The van der Waals surface area contributed by atoms with Gasteiger partial charge in [-0.15, -0.1) is 0 Å². The second-order valence-corrected chi connectivity index (χ2v) is 5.19. The molecule has 0 unspecified atom stereocenters. The van der Waals surface area contributed by atoms with Crippen LogP contribution in [0.25, 0.3) is 0 Å². The Labute approximate surface area is 113 Å². The lowest BCUT2D eigenvalue weighted by atomic mass is 10.1. The number of carbonyl (C=O) groups is 1. The number of nitrogens with zero attached hydrogens (tertiary/aromatic N) is 1. The standard InChI is InChI=1S/C12H14BrFN2O2/c1-16(10-5-15-6-11(10)17)12(18)7-2-3-9(14)8(13)4-7/h2-4,10-11,15,17H,5-6H2,1H3/t10-,11-/m0/s1. The Balaban J connectivity index is 2.17. The van der Waals surface area contributed by atoms with E-state index in [9.17, 15) is 14.3 Å². The second-order valence-electron chi connectivity index (χ2n) is 4.34. The molecule has 0 radical (unpaired) electrons. The minimum absolute atomic E-state index is 0.233. The van der Waals surface area contributed by atoms with Gasteiger partial charge in [0.05, 0.1) is 16.6 Å². The van der Waals surface area contributed by atoms with Crippen molar-refractivity contribution in [3.8, 4) is 0 Å². The first kappa shape index (κ1) is 13.5. The first-order valence-electron chi connectivity index (χ1n) is 5.61. The Morgan fingerprint density at radius 2 is 2.28 bits per heavy atom. The fourth-order valence-electron chi connectivity index (χ4n) is 2.03. The van der Waals surface area contributed by atoms with Crippen LogP contribution in [-0.2, 0) is 0 Å². The van der Waals surface area contributed by atoms with E-state index >= 15 is 0 Å². The molecular formula is C12H14BrFN2O2. The highest BCUT2D eigenvalue weighted by atomic mass is 79.9. The predicted octanol–water partition coefficient (Wildman–Crippen LogP) is 0.993. The van der Waals surface area contributed by atoms with E-state index in [4.69, 9.17) is 0 Å². The molecule has 4 nitrogen and oxygen atoms in total. The van der Waals surface area contributed by atoms with Gasteiger partial charge >= 0.3 is 0 Å². The van der Waals surface area contributed by atoms with Gasteiger partial charge in [-0.05, 0) is 34.1 Å². The molecule has 2 N–H and O–H groups in total. The Morgan fingerprint density at radius 1 is 1.56 bits per heavy atom. The van der Waals surface area contributed by atoms with Crippen molar-refractivity contribution in [1.82, 2.24) is 10.2 Å². The van der Waals surface area contributed by atoms with Gasteiger partial charge in [-0.25, -0.2) is 4.39 Å². The number of aliphatic hydroxyl groups is 1. The predicted molar refractivity (Wildman–Crippen MR) is 68.9 cm³/mol. The Hall–Kier alpha value is -0.980. The highest BCUT2D eigenvalue weighted by Crippen LogP contribution is 2.19. The number of nitrogens with one attached hydrogen (secondary N) is 1. The van der Waals surface area contributed by atoms with Crippen LogP contribution in [-0.4, -0.2) is 48.2 Å². The van der Waals surface area contributed by atoms with E-state index in [-0.39, 0.29) is 16.4 Å². The van der Waals surface area contributed by atoms with Gasteiger partial charge in [-0.2, -0.15) is 0 Å². The maximum absolute atomic E-state index is 13.1. The number of amides is 1. The van der Waals surface area contributed by atoms with Crippen molar-refractivity contribution in [3.05, 3.63) is 34.1 Å². The zero-order valence-electron chi connectivity index (χ0n) is 9.86. The summed E-state index contributed by atoms with van der Waals surface area (Å²) in [5.74, 6) is -0.639. The number of hydrogen-bond donors (Lipinski definition) is 2. The number of aliphatic hydroxyl groups excluding tert-OH is 1. The van der Waals surface area contributed by atoms with Crippen LogP contribution in [0.1, 0.15) is 10.4 Å². The number of β-amino-alcohol motifs (C(OH)–C–C–N with tert-alkyl or cyclic N) is 1. The SMILES string of the molecule is CN(C(=O)c1ccc(F)c(Br)c1)[C@H]1CNC[C@@H]1O. The van der Waals surface area contributed by atoms with Gasteiger partial charge in [0, 0.05) is 25.7 Å². The first-order valence-corrected chi connectivity index (χ1v) is 6.41. The van der Waals surface area contributed by atoms with Crippen LogP contribution in [0.5, 0.6) is 0 Å². The molecule has 6 heteroatoms. The lowest BCUT2D eigenvalue weighted by Crippen LogP contribution is -2.44. The Morgan fingerprint density at radius 3 is 2.83 bits per heavy atom. The molecule has 0 saturated carbocycles. The van der Waals surface area contributed by atoms with Crippen molar-refractivity contribution in [2.75, 3.05) is 20.1 Å². The molecule has 1 aromatic carbocycles. The first-order chi connectivity index (χ1) is 8.50. The maximum atomic E-state index is 13.1. The summed E-state index contributed by atoms with van der Waals surface area (Å²) in [6, 6.07) is 3.88. The van der Waals surface area contributed by atoms with E-state index in [0.29, 0.717) is 18.7 Å². The summed E-state index contributed by atoms with van der Waals surface area (Å²) in [5.41, 5.74) is 0.393. The molecule has 1 aromatic rings. The number of benzene rings is 1. The third kappa shape index (κ3) is 2.55. The number of likely N-dealkylation sites (N-methyl/N-ethyl adjacent to an activating group) is 1. The average molecular weight is 317 g/mol. The quantitative estimate of drug-likeness (QED) is 0.855. The van der Waals surface area contributed by atoms with Crippen molar-refractivity contribution < 1.29 is 14.3 Å². The summed E-state index contributed by atoms with van der Waals surface area (Å²) in [6.07, 6.45) is -0.567.